The van der Waals surface area contributed by atoms with Gasteiger partial charge in [-0.3, -0.25) is 0 Å². The van der Waals surface area contributed by atoms with Gasteiger partial charge in [-0.15, -0.1) is 0 Å². The van der Waals surface area contributed by atoms with Gasteiger partial charge in [0.2, 0.25) is 0 Å². The van der Waals surface area contributed by atoms with Crippen LogP contribution < -0.4 is 5.46 Å². The largest absolute Gasteiger partial charge is 0.495 e. The first-order chi connectivity index (χ1) is 12.2. The molecule has 0 unspecified atom stereocenters. The minimum Gasteiger partial charge on any atom is -0.399 e. The first-order valence-electron chi connectivity index (χ1n) is 8.78. The Hall–Kier alpha value is -2.18. The molecule has 0 bridgehead atoms. The molecule has 1 saturated heterocycles. The highest BCUT2D eigenvalue weighted by atomic mass is 19.1. The van der Waals surface area contributed by atoms with Crippen LogP contribution in [0.4, 0.5) is 4.39 Å². The van der Waals surface area contributed by atoms with E-state index < -0.39 is 7.12 Å². The molecule has 1 aliphatic rings. The SMILES string of the molecule is Cc1cc2c(cnn2-c2ccc(F)cc2)cc1B1OC(C)(C)C(C)(C)O1. The number of benzene rings is 2. The van der Waals surface area contributed by atoms with Gasteiger partial charge in [-0.05, 0) is 76.0 Å². The van der Waals surface area contributed by atoms with Crippen LogP contribution in [0.1, 0.15) is 33.3 Å². The Balaban J connectivity index is 1.76. The summed E-state index contributed by atoms with van der Waals surface area (Å²) in [7, 11) is -0.404. The highest BCUT2D eigenvalue weighted by molar-refractivity contribution is 6.63. The summed E-state index contributed by atoms with van der Waals surface area (Å²) in [6.07, 6.45) is 1.81. The summed E-state index contributed by atoms with van der Waals surface area (Å²) in [5, 5.41) is 5.46. The normalized spacial score (nSPS) is 18.6. The van der Waals surface area contributed by atoms with Crippen LogP contribution >= 0.6 is 0 Å². The molecular formula is C20H22BFN2O2. The lowest BCUT2D eigenvalue weighted by Gasteiger charge is -2.32. The van der Waals surface area contributed by atoms with Crippen LogP contribution in [0.25, 0.3) is 16.6 Å². The summed E-state index contributed by atoms with van der Waals surface area (Å²) >= 11 is 0. The van der Waals surface area contributed by atoms with Crippen molar-refractivity contribution in [1.29, 1.82) is 0 Å². The highest BCUT2D eigenvalue weighted by Crippen LogP contribution is 2.37. The molecule has 4 nitrogen and oxygen atoms in total. The van der Waals surface area contributed by atoms with E-state index >= 15 is 0 Å². The van der Waals surface area contributed by atoms with Crippen LogP contribution in [-0.2, 0) is 9.31 Å². The minimum absolute atomic E-state index is 0.260. The molecule has 6 heteroatoms. The van der Waals surface area contributed by atoms with E-state index in [1.54, 1.807) is 12.1 Å². The third-order valence-corrected chi connectivity index (χ3v) is 5.53. The lowest BCUT2D eigenvalue weighted by Crippen LogP contribution is -2.41. The topological polar surface area (TPSA) is 36.3 Å². The van der Waals surface area contributed by atoms with Gasteiger partial charge in [-0.2, -0.15) is 5.10 Å². The quantitative estimate of drug-likeness (QED) is 0.659. The van der Waals surface area contributed by atoms with E-state index in [2.05, 4.69) is 17.2 Å². The van der Waals surface area contributed by atoms with Crippen LogP contribution in [0.2, 0.25) is 0 Å². The summed E-state index contributed by atoms with van der Waals surface area (Å²) in [5.41, 5.74) is 3.11. The fourth-order valence-corrected chi connectivity index (χ4v) is 3.21. The zero-order chi connectivity index (χ0) is 18.7. The Labute approximate surface area is 153 Å². The molecule has 0 amide bonds. The van der Waals surface area contributed by atoms with Gasteiger partial charge in [0, 0.05) is 5.39 Å². The van der Waals surface area contributed by atoms with Gasteiger partial charge in [0.05, 0.1) is 28.6 Å². The summed E-state index contributed by atoms with van der Waals surface area (Å²) < 4.78 is 27.4. The predicted molar refractivity (Wildman–Crippen MR) is 101 cm³/mol. The molecule has 134 valence electrons. The number of aromatic nitrogens is 2. The van der Waals surface area contributed by atoms with E-state index in [0.29, 0.717) is 0 Å². The van der Waals surface area contributed by atoms with Crippen molar-refractivity contribution in [2.24, 2.45) is 0 Å². The van der Waals surface area contributed by atoms with Crippen molar-refractivity contribution in [3.63, 3.8) is 0 Å². The molecule has 0 N–H and O–H groups in total. The Morgan fingerprint density at radius 2 is 1.62 bits per heavy atom. The van der Waals surface area contributed by atoms with Crippen molar-refractivity contribution in [2.75, 3.05) is 0 Å². The average molecular weight is 352 g/mol. The maximum Gasteiger partial charge on any atom is 0.495 e. The number of rotatable bonds is 2. The second kappa shape index (κ2) is 5.66. The maximum absolute atomic E-state index is 13.2. The molecule has 3 aromatic rings. The standard InChI is InChI=1S/C20H22BFN2O2/c1-13-10-18-14(12-23-24(18)16-8-6-15(22)7-9-16)11-17(13)21-25-19(2,3)20(4,5)26-21/h6-12H,1-5H3. The zero-order valence-electron chi connectivity index (χ0n) is 15.7. The smallest absolute Gasteiger partial charge is 0.399 e. The van der Waals surface area contributed by atoms with Gasteiger partial charge in [-0.25, -0.2) is 9.07 Å². The summed E-state index contributed by atoms with van der Waals surface area (Å²) in [4.78, 5) is 0. The van der Waals surface area contributed by atoms with E-state index in [-0.39, 0.29) is 17.0 Å². The van der Waals surface area contributed by atoms with Crippen molar-refractivity contribution in [3.05, 3.63) is 54.0 Å². The van der Waals surface area contributed by atoms with Crippen LogP contribution in [0.3, 0.4) is 0 Å². The van der Waals surface area contributed by atoms with Crippen molar-refractivity contribution in [2.45, 2.75) is 45.8 Å². The van der Waals surface area contributed by atoms with Crippen LogP contribution in [0, 0.1) is 12.7 Å². The summed E-state index contributed by atoms with van der Waals surface area (Å²) in [6.45, 7) is 10.2. The maximum atomic E-state index is 13.2. The van der Waals surface area contributed by atoms with Crippen molar-refractivity contribution < 1.29 is 13.7 Å². The molecule has 2 heterocycles. The second-order valence-electron chi connectivity index (χ2n) is 7.89. The molecule has 1 aliphatic heterocycles. The molecule has 0 radical (unpaired) electrons. The average Bonchev–Trinajstić information content (AvgIpc) is 3.05. The number of hydrogen-bond acceptors (Lipinski definition) is 3. The third kappa shape index (κ3) is 2.64. The van der Waals surface area contributed by atoms with Crippen LogP contribution in [0.15, 0.2) is 42.6 Å². The fraction of sp³-hybridized carbons (Fsp3) is 0.350. The number of aryl methyl sites for hydroxylation is 1. The lowest BCUT2D eigenvalue weighted by atomic mass is 9.76. The molecule has 0 spiro atoms. The number of fused-ring (bicyclic) bond motifs is 1. The molecular weight excluding hydrogens is 330 g/mol. The Morgan fingerprint density at radius 1 is 1.00 bits per heavy atom. The molecule has 2 aromatic carbocycles. The third-order valence-electron chi connectivity index (χ3n) is 5.53. The molecule has 1 fully saturated rings. The van der Waals surface area contributed by atoms with E-state index in [4.69, 9.17) is 9.31 Å². The fourth-order valence-electron chi connectivity index (χ4n) is 3.21. The van der Waals surface area contributed by atoms with Crippen LogP contribution in [0.5, 0.6) is 0 Å². The number of nitrogens with zero attached hydrogens (tertiary/aromatic N) is 2. The van der Waals surface area contributed by atoms with Crippen molar-refractivity contribution >= 4 is 23.5 Å². The highest BCUT2D eigenvalue weighted by Gasteiger charge is 2.52. The first-order valence-corrected chi connectivity index (χ1v) is 8.78. The zero-order valence-corrected chi connectivity index (χ0v) is 15.7. The van der Waals surface area contributed by atoms with Gasteiger partial charge in [0.25, 0.3) is 0 Å². The van der Waals surface area contributed by atoms with Gasteiger partial charge in [-0.1, -0.05) is 6.07 Å². The van der Waals surface area contributed by atoms with Crippen molar-refractivity contribution in [1.82, 2.24) is 9.78 Å². The molecule has 4 rings (SSSR count). The van der Waals surface area contributed by atoms with E-state index in [1.165, 1.54) is 12.1 Å². The van der Waals surface area contributed by atoms with Gasteiger partial charge >= 0.3 is 7.12 Å². The number of hydrogen-bond donors (Lipinski definition) is 0. The van der Waals surface area contributed by atoms with Crippen molar-refractivity contribution in [3.8, 4) is 5.69 Å². The summed E-state index contributed by atoms with van der Waals surface area (Å²) in [5.74, 6) is -0.260. The van der Waals surface area contributed by atoms with Gasteiger partial charge < -0.3 is 9.31 Å². The second-order valence-corrected chi connectivity index (χ2v) is 7.89. The Morgan fingerprint density at radius 3 is 2.23 bits per heavy atom. The van der Waals surface area contributed by atoms with Gasteiger partial charge in [0.1, 0.15) is 5.82 Å². The van der Waals surface area contributed by atoms with E-state index in [1.807, 2.05) is 45.5 Å². The summed E-state index contributed by atoms with van der Waals surface area (Å²) in [6, 6.07) is 10.5. The Bertz CT molecular complexity index is 963. The molecule has 0 saturated carbocycles. The van der Waals surface area contributed by atoms with Gasteiger partial charge in [0.15, 0.2) is 0 Å². The molecule has 1 aromatic heterocycles. The minimum atomic E-state index is -0.404. The van der Waals surface area contributed by atoms with E-state index in [0.717, 1.165) is 27.6 Å². The molecule has 26 heavy (non-hydrogen) atoms. The monoisotopic (exact) mass is 352 g/mol. The predicted octanol–water partition coefficient (Wildman–Crippen LogP) is 3.77. The lowest BCUT2D eigenvalue weighted by molar-refractivity contribution is 0.00578. The van der Waals surface area contributed by atoms with Crippen LogP contribution in [-0.4, -0.2) is 28.1 Å². The molecule has 0 aliphatic carbocycles. The number of halogens is 1. The first kappa shape index (κ1) is 17.2. The Kier molecular flexibility index (Phi) is 3.76. The van der Waals surface area contributed by atoms with E-state index in [9.17, 15) is 4.39 Å². The molecule has 0 atom stereocenters.